The van der Waals surface area contributed by atoms with Crippen LogP contribution in [0.5, 0.6) is 5.75 Å². The maximum Gasteiger partial charge on any atom is 0.298 e. The number of carbonyl (C=O) groups is 1. The highest BCUT2D eigenvalue weighted by molar-refractivity contribution is 6.32. The van der Waals surface area contributed by atoms with Crippen molar-refractivity contribution in [3.8, 4) is 17.0 Å². The van der Waals surface area contributed by atoms with Gasteiger partial charge in [-0.15, -0.1) is 5.10 Å². The van der Waals surface area contributed by atoms with Crippen molar-refractivity contribution in [1.82, 2.24) is 25.0 Å². The van der Waals surface area contributed by atoms with Crippen LogP contribution < -0.4 is 4.74 Å². The summed E-state index contributed by atoms with van der Waals surface area (Å²) in [5.41, 5.74) is 4.91. The van der Waals surface area contributed by atoms with Gasteiger partial charge in [0, 0.05) is 17.1 Å². The largest absolute Gasteiger partial charge is 0.427 e. The molecule has 0 saturated carbocycles. The molecule has 0 amide bonds. The van der Waals surface area contributed by atoms with Gasteiger partial charge in [0.25, 0.3) is 6.47 Å². The van der Waals surface area contributed by atoms with Gasteiger partial charge in [-0.1, -0.05) is 28.9 Å². The van der Waals surface area contributed by atoms with E-state index in [4.69, 9.17) is 21.3 Å². The predicted octanol–water partition coefficient (Wildman–Crippen LogP) is 4.28. The topological polar surface area (TPSA) is 82.8 Å². The van der Waals surface area contributed by atoms with E-state index >= 15 is 0 Å². The van der Waals surface area contributed by atoms with Crippen molar-refractivity contribution in [1.29, 1.82) is 0 Å². The number of hydrogen-bond donors (Lipinski definition) is 0. The van der Waals surface area contributed by atoms with Crippen LogP contribution in [0.4, 0.5) is 0 Å². The number of aromatic nitrogens is 5. The predicted molar refractivity (Wildman–Crippen MR) is 113 cm³/mol. The van der Waals surface area contributed by atoms with Crippen molar-refractivity contribution in [2.45, 2.75) is 6.54 Å². The van der Waals surface area contributed by atoms with E-state index in [-0.39, 0.29) is 0 Å². The van der Waals surface area contributed by atoms with Gasteiger partial charge in [-0.05, 0) is 54.1 Å². The van der Waals surface area contributed by atoms with Gasteiger partial charge < -0.3 is 4.74 Å². The first-order valence-electron chi connectivity index (χ1n) is 9.15. The van der Waals surface area contributed by atoms with Crippen LogP contribution >= 0.6 is 11.6 Å². The van der Waals surface area contributed by atoms with E-state index in [9.17, 15) is 4.79 Å². The summed E-state index contributed by atoms with van der Waals surface area (Å²) in [5, 5.41) is 9.89. The second kappa shape index (κ2) is 7.53. The van der Waals surface area contributed by atoms with E-state index in [1.807, 2.05) is 36.4 Å². The van der Waals surface area contributed by atoms with Crippen molar-refractivity contribution in [2.24, 2.45) is 0 Å². The average molecular weight is 416 g/mol. The normalized spacial score (nSPS) is 11.1. The fraction of sp³-hybridized carbons (Fsp3) is 0.0455. The Labute approximate surface area is 175 Å². The molecule has 3 heterocycles. The fourth-order valence-electron chi connectivity index (χ4n) is 3.32. The molecular weight excluding hydrogens is 402 g/mol. The first-order valence-corrected chi connectivity index (χ1v) is 9.53. The highest BCUT2D eigenvalue weighted by Gasteiger charge is 2.11. The molecule has 0 bridgehead atoms. The minimum Gasteiger partial charge on any atom is -0.427 e. The quantitative estimate of drug-likeness (QED) is 0.398. The zero-order valence-electron chi connectivity index (χ0n) is 15.6. The van der Waals surface area contributed by atoms with E-state index in [0.717, 1.165) is 22.0 Å². The molecule has 5 aromatic rings. The van der Waals surface area contributed by atoms with Crippen LogP contribution in [-0.2, 0) is 11.3 Å². The first-order chi connectivity index (χ1) is 14.7. The average Bonchev–Trinajstić information content (AvgIpc) is 3.17. The highest BCUT2D eigenvalue weighted by Crippen LogP contribution is 2.30. The van der Waals surface area contributed by atoms with Gasteiger partial charge in [0.15, 0.2) is 5.65 Å². The molecule has 0 aliphatic heterocycles. The summed E-state index contributed by atoms with van der Waals surface area (Å²) in [5.74, 6) is 0.300. The Morgan fingerprint density at radius 1 is 1.03 bits per heavy atom. The second-order valence-electron chi connectivity index (χ2n) is 6.68. The Hall–Kier alpha value is -3.84. The Morgan fingerprint density at radius 2 is 1.93 bits per heavy atom. The summed E-state index contributed by atoms with van der Waals surface area (Å²) in [6.45, 7) is 0.878. The van der Waals surface area contributed by atoms with E-state index in [1.165, 1.54) is 0 Å². The molecule has 0 aliphatic carbocycles. The van der Waals surface area contributed by atoms with Gasteiger partial charge in [0.05, 0.1) is 22.8 Å². The smallest absolute Gasteiger partial charge is 0.298 e. The van der Waals surface area contributed by atoms with E-state index in [2.05, 4.69) is 21.4 Å². The second-order valence-corrected chi connectivity index (χ2v) is 7.08. The molecule has 0 radical (unpaired) electrons. The molecule has 2 aromatic carbocycles. The minimum atomic E-state index is 0.300. The molecule has 8 heteroatoms. The SMILES string of the molecule is O=COc1ccc(-c2ccc3nnn(Cc4ccc5ncccc5c4)c3n2)cc1Cl. The fourth-order valence-corrected chi connectivity index (χ4v) is 3.55. The summed E-state index contributed by atoms with van der Waals surface area (Å²) in [4.78, 5) is 19.6. The van der Waals surface area contributed by atoms with Crippen LogP contribution in [0.1, 0.15) is 5.56 Å². The molecule has 0 N–H and O–H groups in total. The van der Waals surface area contributed by atoms with Crippen LogP contribution in [-0.4, -0.2) is 31.4 Å². The number of nitrogens with zero attached hydrogens (tertiary/aromatic N) is 5. The van der Waals surface area contributed by atoms with Crippen molar-refractivity contribution < 1.29 is 9.53 Å². The molecule has 0 atom stereocenters. The number of rotatable bonds is 5. The van der Waals surface area contributed by atoms with Gasteiger partial charge in [-0.25, -0.2) is 9.67 Å². The third kappa shape index (κ3) is 3.35. The molecular formula is C22H14ClN5O2. The van der Waals surface area contributed by atoms with Crippen LogP contribution in [0.25, 0.3) is 33.3 Å². The van der Waals surface area contributed by atoms with Crippen LogP contribution in [0, 0.1) is 0 Å². The molecule has 146 valence electrons. The number of carbonyl (C=O) groups excluding carboxylic acids is 1. The summed E-state index contributed by atoms with van der Waals surface area (Å²) >= 11 is 6.19. The lowest BCUT2D eigenvalue weighted by Gasteiger charge is -2.07. The lowest BCUT2D eigenvalue weighted by atomic mass is 10.1. The standard InChI is InChI=1S/C22H14ClN5O2/c23-17-11-16(4-8-21(17)30-13-29)19-6-7-20-22(25-19)28(27-26-20)12-14-3-5-18-15(10-14)2-1-9-24-18/h1-11,13H,12H2. The zero-order chi connectivity index (χ0) is 20.5. The minimum absolute atomic E-state index is 0.300. The highest BCUT2D eigenvalue weighted by atomic mass is 35.5. The molecule has 0 spiro atoms. The molecule has 0 aliphatic rings. The molecule has 7 nitrogen and oxygen atoms in total. The maximum absolute atomic E-state index is 10.5. The van der Waals surface area contributed by atoms with Gasteiger partial charge >= 0.3 is 0 Å². The lowest BCUT2D eigenvalue weighted by Crippen LogP contribution is -2.03. The van der Waals surface area contributed by atoms with Crippen molar-refractivity contribution in [2.75, 3.05) is 0 Å². The number of hydrogen-bond acceptors (Lipinski definition) is 6. The van der Waals surface area contributed by atoms with Crippen molar-refractivity contribution >= 4 is 40.1 Å². The zero-order valence-corrected chi connectivity index (χ0v) is 16.3. The molecule has 0 unspecified atom stereocenters. The number of ether oxygens (including phenoxy) is 1. The van der Waals surface area contributed by atoms with Gasteiger partial charge in [-0.3, -0.25) is 9.78 Å². The van der Waals surface area contributed by atoms with E-state index in [1.54, 1.807) is 29.1 Å². The summed E-state index contributed by atoms with van der Waals surface area (Å²) in [7, 11) is 0. The number of fused-ring (bicyclic) bond motifs is 2. The Kier molecular flexibility index (Phi) is 4.57. The summed E-state index contributed by atoms with van der Waals surface area (Å²) < 4.78 is 6.61. The molecule has 0 fully saturated rings. The molecule has 5 rings (SSSR count). The Balaban J connectivity index is 1.51. The number of pyridine rings is 2. The molecule has 30 heavy (non-hydrogen) atoms. The van der Waals surface area contributed by atoms with Crippen molar-refractivity contribution in [3.63, 3.8) is 0 Å². The van der Waals surface area contributed by atoms with Gasteiger partial charge in [0.2, 0.25) is 0 Å². The van der Waals surface area contributed by atoms with Gasteiger partial charge in [0.1, 0.15) is 11.3 Å². The van der Waals surface area contributed by atoms with Crippen LogP contribution in [0.3, 0.4) is 0 Å². The van der Waals surface area contributed by atoms with Gasteiger partial charge in [-0.2, -0.15) is 0 Å². The molecule has 3 aromatic heterocycles. The first kappa shape index (κ1) is 18.2. The Morgan fingerprint density at radius 3 is 2.80 bits per heavy atom. The van der Waals surface area contributed by atoms with Crippen molar-refractivity contribution in [3.05, 3.63) is 77.4 Å². The monoisotopic (exact) mass is 415 g/mol. The summed E-state index contributed by atoms with van der Waals surface area (Å²) in [6, 6.07) is 18.9. The van der Waals surface area contributed by atoms with E-state index in [0.29, 0.717) is 40.6 Å². The lowest BCUT2D eigenvalue weighted by molar-refractivity contribution is -0.120. The Bertz CT molecular complexity index is 1400. The number of benzene rings is 2. The third-order valence-electron chi connectivity index (χ3n) is 4.76. The molecule has 0 saturated heterocycles. The maximum atomic E-state index is 10.5. The van der Waals surface area contributed by atoms with E-state index < -0.39 is 0 Å². The van der Waals surface area contributed by atoms with Crippen LogP contribution in [0.15, 0.2) is 66.9 Å². The third-order valence-corrected chi connectivity index (χ3v) is 5.06. The number of halogens is 1. The summed E-state index contributed by atoms with van der Waals surface area (Å²) in [6.07, 6.45) is 1.78. The van der Waals surface area contributed by atoms with Crippen LogP contribution in [0.2, 0.25) is 5.02 Å².